The molecule has 3 atom stereocenters. The second-order valence-electron chi connectivity index (χ2n) is 5.78. The highest BCUT2D eigenvalue weighted by Crippen LogP contribution is 2.40. The quantitative estimate of drug-likeness (QED) is 0.888. The fourth-order valence-electron chi connectivity index (χ4n) is 3.61. The first-order valence-corrected chi connectivity index (χ1v) is 8.04. The van der Waals surface area contributed by atoms with Gasteiger partial charge in [-0.25, -0.2) is 9.78 Å². The Balaban J connectivity index is 1.90. The van der Waals surface area contributed by atoms with Crippen LogP contribution in [0.3, 0.4) is 0 Å². The van der Waals surface area contributed by atoms with Crippen molar-refractivity contribution in [3.63, 3.8) is 0 Å². The number of pyridine rings is 1. The lowest BCUT2D eigenvalue weighted by atomic mass is 9.84. The van der Waals surface area contributed by atoms with Crippen LogP contribution in [0, 0.1) is 5.92 Å². The lowest BCUT2D eigenvalue weighted by Crippen LogP contribution is -2.46. The summed E-state index contributed by atoms with van der Waals surface area (Å²) >= 11 is 3.29. The molecule has 2 heterocycles. The van der Waals surface area contributed by atoms with Crippen LogP contribution in [0.25, 0.3) is 0 Å². The second kappa shape index (κ2) is 5.75. The standard InChI is InChI=1S/C15H17BrN2O3/c16-10-5-6-11(17-8-10)14(19)18-12-4-2-1-3-9(12)7-13(18)15(20)21/h5-6,8-9,12-13H,1-4,7H2,(H,20,21)/t9-,12+,13-/m0/s1. The summed E-state index contributed by atoms with van der Waals surface area (Å²) in [6.07, 6.45) is 6.25. The van der Waals surface area contributed by atoms with Crippen LogP contribution in [0.1, 0.15) is 42.6 Å². The number of carboxylic acid groups (broad SMARTS) is 1. The van der Waals surface area contributed by atoms with E-state index in [0.717, 1.165) is 30.2 Å². The molecule has 6 heteroatoms. The summed E-state index contributed by atoms with van der Waals surface area (Å²) in [5.74, 6) is -0.849. The first kappa shape index (κ1) is 14.5. The molecule has 3 rings (SSSR count). The van der Waals surface area contributed by atoms with Gasteiger partial charge >= 0.3 is 5.97 Å². The van der Waals surface area contributed by atoms with E-state index in [1.54, 1.807) is 23.2 Å². The molecule has 0 bridgehead atoms. The molecule has 0 spiro atoms. The monoisotopic (exact) mass is 352 g/mol. The van der Waals surface area contributed by atoms with Crippen LogP contribution >= 0.6 is 15.9 Å². The van der Waals surface area contributed by atoms with E-state index in [1.807, 2.05) is 0 Å². The van der Waals surface area contributed by atoms with Gasteiger partial charge in [0, 0.05) is 16.7 Å². The number of carboxylic acids is 1. The van der Waals surface area contributed by atoms with Gasteiger partial charge in [-0.2, -0.15) is 0 Å². The molecule has 112 valence electrons. The number of carbonyl (C=O) groups is 2. The topological polar surface area (TPSA) is 70.5 Å². The van der Waals surface area contributed by atoms with Crippen molar-refractivity contribution in [1.29, 1.82) is 0 Å². The molecule has 5 nitrogen and oxygen atoms in total. The molecule has 0 aromatic carbocycles. The highest BCUT2D eigenvalue weighted by molar-refractivity contribution is 9.10. The fraction of sp³-hybridized carbons (Fsp3) is 0.533. The third-order valence-corrected chi connectivity index (χ3v) is 5.02. The van der Waals surface area contributed by atoms with Crippen LogP contribution in [0.5, 0.6) is 0 Å². The van der Waals surface area contributed by atoms with Gasteiger partial charge < -0.3 is 10.0 Å². The summed E-state index contributed by atoms with van der Waals surface area (Å²) in [6.45, 7) is 0. The Morgan fingerprint density at radius 3 is 2.71 bits per heavy atom. The van der Waals surface area contributed by atoms with E-state index in [4.69, 9.17) is 0 Å². The Hall–Kier alpha value is -1.43. The number of aliphatic carboxylic acids is 1. The molecular formula is C15H17BrN2O3. The number of likely N-dealkylation sites (tertiary alicyclic amines) is 1. The number of hydrogen-bond acceptors (Lipinski definition) is 3. The smallest absolute Gasteiger partial charge is 0.326 e. The Labute approximate surface area is 131 Å². The molecule has 1 saturated carbocycles. The van der Waals surface area contributed by atoms with Crippen LogP contribution in [0.15, 0.2) is 22.8 Å². The van der Waals surface area contributed by atoms with E-state index in [2.05, 4.69) is 20.9 Å². The Morgan fingerprint density at radius 2 is 2.05 bits per heavy atom. The largest absolute Gasteiger partial charge is 0.480 e. The first-order valence-electron chi connectivity index (χ1n) is 7.25. The van der Waals surface area contributed by atoms with Gasteiger partial charge in [-0.15, -0.1) is 0 Å². The molecule has 1 saturated heterocycles. The van der Waals surface area contributed by atoms with E-state index in [1.165, 1.54) is 0 Å². The van der Waals surface area contributed by atoms with Gasteiger partial charge in [0.05, 0.1) is 0 Å². The molecule has 2 fully saturated rings. The van der Waals surface area contributed by atoms with Gasteiger partial charge in [-0.05, 0) is 53.2 Å². The maximum atomic E-state index is 12.7. The fourth-order valence-corrected chi connectivity index (χ4v) is 3.84. The summed E-state index contributed by atoms with van der Waals surface area (Å²) < 4.78 is 0.797. The van der Waals surface area contributed by atoms with Gasteiger partial charge in [0.25, 0.3) is 5.91 Å². The first-order chi connectivity index (χ1) is 10.1. The molecule has 0 radical (unpaired) electrons. The molecular weight excluding hydrogens is 336 g/mol. The molecule has 1 aromatic rings. The van der Waals surface area contributed by atoms with Crippen molar-refractivity contribution < 1.29 is 14.7 Å². The number of halogens is 1. The van der Waals surface area contributed by atoms with Gasteiger partial charge in [-0.3, -0.25) is 4.79 Å². The van der Waals surface area contributed by atoms with E-state index in [0.29, 0.717) is 18.0 Å². The van der Waals surface area contributed by atoms with Crippen molar-refractivity contribution in [2.45, 2.75) is 44.2 Å². The van der Waals surface area contributed by atoms with Crippen LogP contribution in [-0.2, 0) is 4.79 Å². The molecule has 1 aromatic heterocycles. The van der Waals surface area contributed by atoms with Crippen molar-refractivity contribution in [1.82, 2.24) is 9.88 Å². The lowest BCUT2D eigenvalue weighted by molar-refractivity contribution is -0.141. The highest BCUT2D eigenvalue weighted by Gasteiger charge is 2.47. The van der Waals surface area contributed by atoms with Crippen molar-refractivity contribution >= 4 is 27.8 Å². The maximum Gasteiger partial charge on any atom is 0.326 e. The number of aromatic nitrogens is 1. The van der Waals surface area contributed by atoms with Gasteiger partial charge in [0.1, 0.15) is 11.7 Å². The molecule has 0 unspecified atom stereocenters. The predicted octanol–water partition coefficient (Wildman–Crippen LogP) is 2.70. The molecule has 1 N–H and O–H groups in total. The number of rotatable bonds is 2. The maximum absolute atomic E-state index is 12.7. The molecule has 1 aliphatic carbocycles. The highest BCUT2D eigenvalue weighted by atomic mass is 79.9. The Morgan fingerprint density at radius 1 is 1.29 bits per heavy atom. The minimum Gasteiger partial charge on any atom is -0.480 e. The molecule has 1 aliphatic heterocycles. The number of carbonyl (C=O) groups excluding carboxylic acids is 1. The zero-order valence-corrected chi connectivity index (χ0v) is 13.1. The van der Waals surface area contributed by atoms with Gasteiger partial charge in [0.2, 0.25) is 0 Å². The van der Waals surface area contributed by atoms with Crippen LogP contribution in [-0.4, -0.2) is 39.0 Å². The van der Waals surface area contributed by atoms with E-state index >= 15 is 0 Å². The Bertz CT molecular complexity index is 561. The SMILES string of the molecule is O=C(O)[C@@H]1C[C@@H]2CCCC[C@H]2N1C(=O)c1ccc(Br)cn1. The van der Waals surface area contributed by atoms with Crippen molar-refractivity contribution in [2.75, 3.05) is 0 Å². The zero-order valence-electron chi connectivity index (χ0n) is 11.5. The summed E-state index contributed by atoms with van der Waals surface area (Å²) in [5, 5.41) is 9.45. The average molecular weight is 353 g/mol. The van der Waals surface area contributed by atoms with Gasteiger partial charge in [0.15, 0.2) is 0 Å². The number of fused-ring (bicyclic) bond motifs is 1. The summed E-state index contributed by atoms with van der Waals surface area (Å²) in [4.78, 5) is 29.9. The summed E-state index contributed by atoms with van der Waals surface area (Å²) in [6, 6.07) is 2.74. The van der Waals surface area contributed by atoms with E-state index in [9.17, 15) is 14.7 Å². The van der Waals surface area contributed by atoms with E-state index in [-0.39, 0.29) is 11.9 Å². The van der Waals surface area contributed by atoms with Crippen molar-refractivity contribution in [3.05, 3.63) is 28.5 Å². The molecule has 1 amide bonds. The lowest BCUT2D eigenvalue weighted by Gasteiger charge is -2.32. The average Bonchev–Trinajstić information content (AvgIpc) is 2.87. The van der Waals surface area contributed by atoms with E-state index < -0.39 is 12.0 Å². The minimum absolute atomic E-state index is 0.0535. The van der Waals surface area contributed by atoms with Gasteiger partial charge in [-0.1, -0.05) is 12.8 Å². The summed E-state index contributed by atoms with van der Waals surface area (Å²) in [7, 11) is 0. The normalized spacial score (nSPS) is 28.2. The Kier molecular flexibility index (Phi) is 3.97. The minimum atomic E-state index is -0.908. The van der Waals surface area contributed by atoms with Crippen molar-refractivity contribution in [3.8, 4) is 0 Å². The zero-order chi connectivity index (χ0) is 15.0. The third-order valence-electron chi connectivity index (χ3n) is 4.55. The van der Waals surface area contributed by atoms with Crippen LogP contribution < -0.4 is 0 Å². The number of hydrogen-bond donors (Lipinski definition) is 1. The number of nitrogens with zero attached hydrogens (tertiary/aromatic N) is 2. The molecule has 2 aliphatic rings. The molecule has 21 heavy (non-hydrogen) atoms. The predicted molar refractivity (Wildman–Crippen MR) is 79.9 cm³/mol. The third kappa shape index (κ3) is 2.69. The second-order valence-corrected chi connectivity index (χ2v) is 6.69. The van der Waals surface area contributed by atoms with Crippen LogP contribution in [0.2, 0.25) is 0 Å². The summed E-state index contributed by atoms with van der Waals surface area (Å²) in [5.41, 5.74) is 0.315. The number of amides is 1. The van der Waals surface area contributed by atoms with Crippen LogP contribution in [0.4, 0.5) is 0 Å². The van der Waals surface area contributed by atoms with Crippen molar-refractivity contribution in [2.24, 2.45) is 5.92 Å².